The molecule has 2 aromatic carbocycles. The van der Waals surface area contributed by atoms with Crippen LogP contribution in [0.1, 0.15) is 39.2 Å². The number of hydrogen-bond donors (Lipinski definition) is 2. The summed E-state index contributed by atoms with van der Waals surface area (Å²) in [6.07, 6.45) is 6.97. The molecular formula is C28H26ClN3O3. The zero-order chi connectivity index (χ0) is 24.7. The molecule has 0 spiro atoms. The number of carbonyl (C=O) groups is 1. The maximum Gasteiger partial charge on any atom is 0.352 e. The molecule has 5 aromatic rings. The van der Waals surface area contributed by atoms with Crippen molar-refractivity contribution >= 4 is 34.1 Å². The van der Waals surface area contributed by atoms with Gasteiger partial charge in [-0.25, -0.2) is 9.78 Å². The van der Waals surface area contributed by atoms with Gasteiger partial charge in [0.1, 0.15) is 17.1 Å². The van der Waals surface area contributed by atoms with Crippen molar-refractivity contribution in [3.05, 3.63) is 88.0 Å². The van der Waals surface area contributed by atoms with Crippen molar-refractivity contribution in [2.45, 2.75) is 33.6 Å². The number of nitrogens with zero attached hydrogens (tertiary/aromatic N) is 2. The summed E-state index contributed by atoms with van der Waals surface area (Å²) in [5, 5.41) is 11.6. The van der Waals surface area contributed by atoms with Crippen LogP contribution < -0.4 is 4.74 Å². The zero-order valence-corrected chi connectivity index (χ0v) is 20.6. The van der Waals surface area contributed by atoms with Crippen LogP contribution in [0.25, 0.3) is 27.7 Å². The minimum absolute atomic E-state index is 0.229. The second-order valence-electron chi connectivity index (χ2n) is 8.90. The lowest BCUT2D eigenvalue weighted by atomic mass is 9.98. The van der Waals surface area contributed by atoms with Crippen molar-refractivity contribution in [1.82, 2.24) is 14.4 Å². The number of rotatable bonds is 7. The van der Waals surface area contributed by atoms with Gasteiger partial charge >= 0.3 is 5.97 Å². The van der Waals surface area contributed by atoms with Gasteiger partial charge in [-0.1, -0.05) is 29.8 Å². The topological polar surface area (TPSA) is 79.6 Å². The number of H-pyrrole nitrogens is 1. The van der Waals surface area contributed by atoms with Gasteiger partial charge in [-0.05, 0) is 74.1 Å². The number of imidazole rings is 1. The highest BCUT2D eigenvalue weighted by molar-refractivity contribution is 6.32. The van der Waals surface area contributed by atoms with E-state index in [-0.39, 0.29) is 5.69 Å². The average molecular weight is 488 g/mol. The summed E-state index contributed by atoms with van der Waals surface area (Å²) >= 11 is 6.25. The number of para-hydroxylation sites is 1. The minimum atomic E-state index is -0.964. The fourth-order valence-electron chi connectivity index (χ4n) is 4.71. The third kappa shape index (κ3) is 4.26. The van der Waals surface area contributed by atoms with E-state index in [1.165, 1.54) is 0 Å². The molecule has 0 bridgehead atoms. The highest BCUT2D eigenvalue weighted by Gasteiger charge is 2.20. The van der Waals surface area contributed by atoms with Crippen LogP contribution in [-0.2, 0) is 6.42 Å². The molecule has 6 nitrogen and oxygen atoms in total. The number of hydrogen-bond acceptors (Lipinski definition) is 3. The Bertz CT molecular complexity index is 1560. The summed E-state index contributed by atoms with van der Waals surface area (Å²) in [7, 11) is 0. The first-order valence-electron chi connectivity index (χ1n) is 11.5. The Morgan fingerprint density at radius 3 is 2.63 bits per heavy atom. The third-order valence-electron chi connectivity index (χ3n) is 6.43. The standard InChI is InChI=1S/C28H26ClN3O3/c1-16-14-24-30-9-10-32(24)15-23(16)22-7-4-6-20-21(27(28(33)34)31-26(20)22)8-5-11-35-19-12-17(2)25(29)18(3)13-19/h4,6-7,9-10,12-15,31H,5,8,11H2,1-3H3,(H,33,34). The Kier molecular flexibility index (Phi) is 5.99. The van der Waals surface area contributed by atoms with Gasteiger partial charge < -0.3 is 19.2 Å². The highest BCUT2D eigenvalue weighted by Crippen LogP contribution is 2.34. The molecule has 2 N–H and O–H groups in total. The fraction of sp³-hybridized carbons (Fsp3) is 0.214. The van der Waals surface area contributed by atoms with E-state index in [0.717, 1.165) is 60.7 Å². The van der Waals surface area contributed by atoms with E-state index in [2.05, 4.69) is 9.97 Å². The Balaban J connectivity index is 1.45. The molecule has 3 aromatic heterocycles. The van der Waals surface area contributed by atoms with Gasteiger partial charge in [0, 0.05) is 40.1 Å². The maximum absolute atomic E-state index is 12.1. The molecule has 0 aliphatic carbocycles. The Hall–Kier alpha value is -3.77. The molecule has 0 unspecified atom stereocenters. The molecule has 0 radical (unpaired) electrons. The first-order valence-corrected chi connectivity index (χ1v) is 11.9. The first-order chi connectivity index (χ1) is 16.8. The Labute approximate surface area is 208 Å². The summed E-state index contributed by atoms with van der Waals surface area (Å²) < 4.78 is 7.92. The maximum atomic E-state index is 12.1. The molecule has 0 saturated carbocycles. The van der Waals surface area contributed by atoms with Gasteiger partial charge in [0.2, 0.25) is 0 Å². The molecule has 178 valence electrons. The number of fused-ring (bicyclic) bond motifs is 2. The third-order valence-corrected chi connectivity index (χ3v) is 7.03. The van der Waals surface area contributed by atoms with E-state index in [0.29, 0.717) is 19.4 Å². The van der Waals surface area contributed by atoms with Gasteiger partial charge in [-0.15, -0.1) is 0 Å². The van der Waals surface area contributed by atoms with Crippen LogP contribution in [0.3, 0.4) is 0 Å². The number of carboxylic acid groups (broad SMARTS) is 1. The van der Waals surface area contributed by atoms with Crippen molar-refractivity contribution in [3.8, 4) is 16.9 Å². The quantitative estimate of drug-likeness (QED) is 0.248. The number of nitrogens with one attached hydrogen (secondary N) is 1. The molecule has 3 heterocycles. The summed E-state index contributed by atoms with van der Waals surface area (Å²) in [6.45, 7) is 6.43. The fourth-order valence-corrected chi connectivity index (χ4v) is 4.82. The molecule has 35 heavy (non-hydrogen) atoms. The van der Waals surface area contributed by atoms with E-state index in [1.807, 2.05) is 74.0 Å². The lowest BCUT2D eigenvalue weighted by Crippen LogP contribution is -2.04. The second kappa shape index (κ2) is 9.12. The normalized spacial score (nSPS) is 11.4. The van der Waals surface area contributed by atoms with Gasteiger partial charge in [0.05, 0.1) is 12.1 Å². The Morgan fingerprint density at radius 2 is 1.89 bits per heavy atom. The smallest absolute Gasteiger partial charge is 0.352 e. The molecule has 7 heteroatoms. The van der Waals surface area contributed by atoms with Crippen LogP contribution >= 0.6 is 11.6 Å². The predicted octanol–water partition coefficient (Wildman–Crippen LogP) is 6.77. The molecule has 5 rings (SSSR count). The Morgan fingerprint density at radius 1 is 1.11 bits per heavy atom. The summed E-state index contributed by atoms with van der Waals surface area (Å²) in [5.41, 5.74) is 7.75. The number of benzene rings is 2. The molecule has 0 saturated heterocycles. The molecule has 0 aliphatic heterocycles. The number of pyridine rings is 1. The van der Waals surface area contributed by atoms with Gasteiger partial charge in [0.15, 0.2) is 0 Å². The van der Waals surface area contributed by atoms with Gasteiger partial charge in [-0.3, -0.25) is 0 Å². The monoisotopic (exact) mass is 487 g/mol. The second-order valence-corrected chi connectivity index (χ2v) is 9.28. The molecule has 0 atom stereocenters. The van der Waals surface area contributed by atoms with Crippen LogP contribution in [-0.4, -0.2) is 32.1 Å². The van der Waals surface area contributed by atoms with E-state index in [4.69, 9.17) is 16.3 Å². The number of aromatic amines is 1. The van der Waals surface area contributed by atoms with Crippen molar-refractivity contribution in [2.75, 3.05) is 6.61 Å². The number of aryl methyl sites for hydroxylation is 4. The zero-order valence-electron chi connectivity index (χ0n) is 19.9. The summed E-state index contributed by atoms with van der Waals surface area (Å²) in [5.74, 6) is -0.191. The van der Waals surface area contributed by atoms with Gasteiger partial charge in [-0.2, -0.15) is 0 Å². The lowest BCUT2D eigenvalue weighted by molar-refractivity contribution is 0.0690. The molecule has 0 fully saturated rings. The summed E-state index contributed by atoms with van der Waals surface area (Å²) in [6, 6.07) is 11.9. The van der Waals surface area contributed by atoms with E-state index in [9.17, 15) is 9.90 Å². The van der Waals surface area contributed by atoms with Gasteiger partial charge in [0.25, 0.3) is 0 Å². The number of halogens is 1. The number of ether oxygens (including phenoxy) is 1. The van der Waals surface area contributed by atoms with Crippen molar-refractivity contribution in [1.29, 1.82) is 0 Å². The van der Waals surface area contributed by atoms with Crippen molar-refractivity contribution < 1.29 is 14.6 Å². The first kappa shape index (κ1) is 23.0. The van der Waals surface area contributed by atoms with E-state index >= 15 is 0 Å². The lowest BCUT2D eigenvalue weighted by Gasteiger charge is -2.10. The number of aromatic nitrogens is 3. The number of carboxylic acids is 1. The van der Waals surface area contributed by atoms with Crippen LogP contribution in [0.15, 0.2) is 55.0 Å². The van der Waals surface area contributed by atoms with Crippen LogP contribution in [0, 0.1) is 20.8 Å². The number of aromatic carboxylic acids is 1. The molecular weight excluding hydrogens is 462 g/mol. The van der Waals surface area contributed by atoms with Crippen LogP contribution in [0.4, 0.5) is 0 Å². The highest BCUT2D eigenvalue weighted by atomic mass is 35.5. The minimum Gasteiger partial charge on any atom is -0.494 e. The average Bonchev–Trinajstić information content (AvgIpc) is 3.43. The SMILES string of the molecule is Cc1cc2nccn2cc1-c1cccc2c(CCCOc3cc(C)c(Cl)c(C)c3)c(C(=O)O)[nH]c12. The summed E-state index contributed by atoms with van der Waals surface area (Å²) in [4.78, 5) is 19.7. The molecule has 0 aliphatic rings. The largest absolute Gasteiger partial charge is 0.494 e. The molecule has 0 amide bonds. The van der Waals surface area contributed by atoms with Crippen LogP contribution in [0.5, 0.6) is 5.75 Å². The van der Waals surface area contributed by atoms with Crippen molar-refractivity contribution in [3.63, 3.8) is 0 Å². The van der Waals surface area contributed by atoms with Crippen LogP contribution in [0.2, 0.25) is 5.02 Å². The van der Waals surface area contributed by atoms with Crippen molar-refractivity contribution in [2.24, 2.45) is 0 Å². The van der Waals surface area contributed by atoms with E-state index in [1.54, 1.807) is 6.20 Å². The predicted molar refractivity (Wildman–Crippen MR) is 139 cm³/mol. The van der Waals surface area contributed by atoms with E-state index < -0.39 is 5.97 Å².